The van der Waals surface area contributed by atoms with Gasteiger partial charge in [-0.15, -0.1) is 0 Å². The average Bonchev–Trinajstić information content (AvgIpc) is 2.47. The number of fused-ring (bicyclic) bond motifs is 1. The Hall–Kier alpha value is -1.61. The van der Waals surface area contributed by atoms with Crippen LogP contribution in [0.2, 0.25) is 0 Å². The largest absolute Gasteiger partial charge is 0.477 e. The summed E-state index contributed by atoms with van der Waals surface area (Å²) in [5.41, 5.74) is 0.842. The molecule has 2 rings (SSSR count). The molecule has 0 aliphatic heterocycles. The fourth-order valence-electron chi connectivity index (χ4n) is 2.16. The van der Waals surface area contributed by atoms with Crippen LogP contribution in [0.4, 0.5) is 0 Å². The van der Waals surface area contributed by atoms with Crippen molar-refractivity contribution in [1.82, 2.24) is 4.98 Å². The highest BCUT2D eigenvalue weighted by molar-refractivity contribution is 5.89. The van der Waals surface area contributed by atoms with Crippen molar-refractivity contribution in [1.29, 1.82) is 0 Å². The third kappa shape index (κ3) is 3.44. The van der Waals surface area contributed by atoms with Crippen LogP contribution in [0.25, 0.3) is 10.8 Å². The average molecular weight is 259 g/mol. The van der Waals surface area contributed by atoms with E-state index in [1.807, 2.05) is 24.3 Å². The smallest absolute Gasteiger partial charge is 0.221 e. The second-order valence-electron chi connectivity index (χ2n) is 4.70. The van der Waals surface area contributed by atoms with Crippen molar-refractivity contribution in [2.45, 2.75) is 39.2 Å². The molecule has 19 heavy (non-hydrogen) atoms. The molecule has 2 aromatic rings. The Morgan fingerprint density at radius 1 is 1.11 bits per heavy atom. The van der Waals surface area contributed by atoms with E-state index in [-0.39, 0.29) is 6.61 Å². The summed E-state index contributed by atoms with van der Waals surface area (Å²) in [6.45, 7) is 2.91. The topological polar surface area (TPSA) is 42.4 Å². The Labute approximate surface area is 114 Å². The number of aromatic nitrogens is 1. The van der Waals surface area contributed by atoms with Crippen LogP contribution >= 0.6 is 0 Å². The molecular weight excluding hydrogens is 238 g/mol. The van der Waals surface area contributed by atoms with Crippen LogP contribution in [0.3, 0.4) is 0 Å². The van der Waals surface area contributed by atoms with Gasteiger partial charge >= 0.3 is 0 Å². The number of nitrogens with zero attached hydrogens (tertiary/aromatic N) is 1. The summed E-state index contributed by atoms with van der Waals surface area (Å²) in [6, 6.07) is 7.91. The van der Waals surface area contributed by atoms with E-state index in [9.17, 15) is 5.11 Å². The van der Waals surface area contributed by atoms with Gasteiger partial charge in [0.05, 0.1) is 13.2 Å². The maximum atomic E-state index is 9.32. The normalized spacial score (nSPS) is 10.8. The standard InChI is InChI=1S/C16H21NO2/c1-2-3-4-7-10-19-16-15-9-6-5-8-14(15)13(12-18)11-17-16/h5-6,8-9,11,18H,2-4,7,10,12H2,1H3. The van der Waals surface area contributed by atoms with E-state index in [1.165, 1.54) is 19.3 Å². The summed E-state index contributed by atoms with van der Waals surface area (Å²) in [5.74, 6) is 0.671. The molecule has 0 unspecified atom stereocenters. The molecule has 3 heteroatoms. The van der Waals surface area contributed by atoms with Gasteiger partial charge in [-0.3, -0.25) is 0 Å². The van der Waals surface area contributed by atoms with E-state index >= 15 is 0 Å². The van der Waals surface area contributed by atoms with Gasteiger partial charge in [0.1, 0.15) is 0 Å². The van der Waals surface area contributed by atoms with Crippen molar-refractivity contribution < 1.29 is 9.84 Å². The van der Waals surface area contributed by atoms with Crippen molar-refractivity contribution in [3.05, 3.63) is 36.0 Å². The first-order valence-electron chi connectivity index (χ1n) is 6.97. The first-order valence-corrected chi connectivity index (χ1v) is 6.97. The highest BCUT2D eigenvalue weighted by atomic mass is 16.5. The number of pyridine rings is 1. The van der Waals surface area contributed by atoms with Gasteiger partial charge in [0.2, 0.25) is 5.88 Å². The second kappa shape index (κ2) is 7.10. The summed E-state index contributed by atoms with van der Waals surface area (Å²) in [5, 5.41) is 11.3. The molecule has 0 spiro atoms. The third-order valence-corrected chi connectivity index (χ3v) is 3.25. The highest BCUT2D eigenvalue weighted by Gasteiger charge is 2.07. The van der Waals surface area contributed by atoms with Gasteiger partial charge in [-0.2, -0.15) is 0 Å². The molecule has 1 heterocycles. The number of unbranched alkanes of at least 4 members (excludes halogenated alkanes) is 3. The molecule has 1 aromatic carbocycles. The lowest BCUT2D eigenvalue weighted by atomic mass is 10.1. The molecule has 0 radical (unpaired) electrons. The van der Waals surface area contributed by atoms with Gasteiger partial charge < -0.3 is 9.84 Å². The molecule has 0 saturated carbocycles. The van der Waals surface area contributed by atoms with Crippen molar-refractivity contribution in [3.8, 4) is 5.88 Å². The SMILES string of the molecule is CCCCCCOc1ncc(CO)c2ccccc12. The van der Waals surface area contributed by atoms with Crippen LogP contribution in [0.1, 0.15) is 38.2 Å². The predicted octanol–water partition coefficient (Wildman–Crippen LogP) is 3.69. The quantitative estimate of drug-likeness (QED) is 0.771. The van der Waals surface area contributed by atoms with Crippen LogP contribution in [-0.2, 0) is 6.61 Å². The number of hydrogen-bond donors (Lipinski definition) is 1. The van der Waals surface area contributed by atoms with E-state index < -0.39 is 0 Å². The van der Waals surface area contributed by atoms with Gasteiger partial charge in [0, 0.05) is 17.1 Å². The zero-order valence-electron chi connectivity index (χ0n) is 11.4. The lowest BCUT2D eigenvalue weighted by Crippen LogP contribution is -2.01. The fraction of sp³-hybridized carbons (Fsp3) is 0.438. The maximum Gasteiger partial charge on any atom is 0.221 e. The number of benzene rings is 1. The number of rotatable bonds is 7. The zero-order chi connectivity index (χ0) is 13.5. The number of aliphatic hydroxyl groups excluding tert-OH is 1. The summed E-state index contributed by atoms with van der Waals surface area (Å²) in [7, 11) is 0. The van der Waals surface area contributed by atoms with Crippen LogP contribution in [0.15, 0.2) is 30.5 Å². The minimum Gasteiger partial charge on any atom is -0.477 e. The first kappa shape index (κ1) is 13.8. The molecule has 1 N–H and O–H groups in total. The Balaban J connectivity index is 2.11. The van der Waals surface area contributed by atoms with E-state index in [2.05, 4.69) is 11.9 Å². The predicted molar refractivity (Wildman–Crippen MR) is 77.3 cm³/mol. The van der Waals surface area contributed by atoms with Crippen LogP contribution in [0, 0.1) is 0 Å². The lowest BCUT2D eigenvalue weighted by Gasteiger charge is -2.10. The van der Waals surface area contributed by atoms with E-state index in [1.54, 1.807) is 6.20 Å². The number of aliphatic hydroxyl groups is 1. The van der Waals surface area contributed by atoms with Gasteiger partial charge in [0.15, 0.2) is 0 Å². The van der Waals surface area contributed by atoms with Gasteiger partial charge in [0.25, 0.3) is 0 Å². The Bertz CT molecular complexity index is 525. The molecule has 0 atom stereocenters. The number of ether oxygens (including phenoxy) is 1. The van der Waals surface area contributed by atoms with Crippen LogP contribution < -0.4 is 4.74 Å². The summed E-state index contributed by atoms with van der Waals surface area (Å²) < 4.78 is 5.77. The third-order valence-electron chi connectivity index (χ3n) is 3.25. The Kier molecular flexibility index (Phi) is 5.16. The minimum atomic E-state index is 0.00426. The van der Waals surface area contributed by atoms with Gasteiger partial charge in [-0.1, -0.05) is 44.4 Å². The zero-order valence-corrected chi connectivity index (χ0v) is 11.4. The summed E-state index contributed by atoms with van der Waals surface area (Å²) in [4.78, 5) is 4.31. The second-order valence-corrected chi connectivity index (χ2v) is 4.70. The van der Waals surface area contributed by atoms with Crippen LogP contribution in [-0.4, -0.2) is 16.7 Å². The van der Waals surface area contributed by atoms with Gasteiger partial charge in [-0.25, -0.2) is 4.98 Å². The van der Waals surface area contributed by atoms with Gasteiger partial charge in [-0.05, 0) is 17.9 Å². The minimum absolute atomic E-state index is 0.00426. The number of hydrogen-bond acceptors (Lipinski definition) is 3. The molecule has 0 bridgehead atoms. The molecular formula is C16H21NO2. The molecule has 0 amide bonds. The highest BCUT2D eigenvalue weighted by Crippen LogP contribution is 2.26. The van der Waals surface area contributed by atoms with E-state index in [4.69, 9.17) is 4.74 Å². The van der Waals surface area contributed by atoms with E-state index in [0.717, 1.165) is 22.8 Å². The molecule has 102 valence electrons. The van der Waals surface area contributed by atoms with Crippen molar-refractivity contribution in [3.63, 3.8) is 0 Å². The maximum absolute atomic E-state index is 9.32. The Morgan fingerprint density at radius 3 is 2.63 bits per heavy atom. The molecule has 1 aromatic heterocycles. The molecule has 0 aliphatic carbocycles. The summed E-state index contributed by atoms with van der Waals surface area (Å²) >= 11 is 0. The lowest BCUT2D eigenvalue weighted by molar-refractivity contribution is 0.281. The first-order chi connectivity index (χ1) is 9.36. The van der Waals surface area contributed by atoms with Crippen LogP contribution in [0.5, 0.6) is 5.88 Å². The van der Waals surface area contributed by atoms with Crippen molar-refractivity contribution in [2.24, 2.45) is 0 Å². The molecule has 0 fully saturated rings. The fourth-order valence-corrected chi connectivity index (χ4v) is 2.16. The molecule has 0 saturated heterocycles. The molecule has 3 nitrogen and oxygen atoms in total. The molecule has 0 aliphatic rings. The van der Waals surface area contributed by atoms with E-state index in [0.29, 0.717) is 12.5 Å². The van der Waals surface area contributed by atoms with Crippen molar-refractivity contribution in [2.75, 3.05) is 6.61 Å². The summed E-state index contributed by atoms with van der Waals surface area (Å²) in [6.07, 6.45) is 6.44. The monoisotopic (exact) mass is 259 g/mol. The van der Waals surface area contributed by atoms with Crippen molar-refractivity contribution >= 4 is 10.8 Å². The Morgan fingerprint density at radius 2 is 1.89 bits per heavy atom.